The van der Waals surface area contributed by atoms with E-state index in [0.717, 1.165) is 27.7 Å². The van der Waals surface area contributed by atoms with Crippen LogP contribution in [-0.2, 0) is 6.54 Å². The smallest absolute Gasteiger partial charge is 0.190 e. The lowest BCUT2D eigenvalue weighted by molar-refractivity contribution is 0.275. The van der Waals surface area contributed by atoms with Crippen LogP contribution < -0.4 is 4.80 Å². The molecule has 3 aromatic rings. The number of aliphatic hydroxyl groups is 1. The molecule has 1 aliphatic carbocycles. The highest BCUT2D eigenvalue weighted by atomic mass is 32.1. The first-order valence-electron chi connectivity index (χ1n) is 10.3. The summed E-state index contributed by atoms with van der Waals surface area (Å²) in [5, 5.41) is 11.8. The lowest BCUT2D eigenvalue weighted by Gasteiger charge is -2.22. The van der Waals surface area contributed by atoms with Crippen molar-refractivity contribution in [3.05, 3.63) is 69.8 Å². The van der Waals surface area contributed by atoms with Gasteiger partial charge in [-0.05, 0) is 48.4 Å². The normalized spacial score (nSPS) is 15.9. The molecule has 0 aliphatic heterocycles. The number of aryl methyl sites for hydroxylation is 1. The molecule has 0 radical (unpaired) electrons. The zero-order chi connectivity index (χ0) is 19.3. The number of nitrogens with zero attached hydrogens (tertiary/aromatic N) is 2. The first kappa shape index (κ1) is 19.2. The van der Waals surface area contributed by atoms with Crippen molar-refractivity contribution in [3.63, 3.8) is 0 Å². The number of rotatable bonds is 5. The van der Waals surface area contributed by atoms with Gasteiger partial charge in [0.05, 0.1) is 18.0 Å². The summed E-state index contributed by atoms with van der Waals surface area (Å²) in [7, 11) is 0. The van der Waals surface area contributed by atoms with Crippen LogP contribution in [0.1, 0.15) is 49.1 Å². The van der Waals surface area contributed by atoms with Gasteiger partial charge in [-0.3, -0.25) is 0 Å². The monoisotopic (exact) mass is 392 g/mol. The number of aliphatic hydroxyl groups excluding tert-OH is 1. The minimum Gasteiger partial charge on any atom is -0.395 e. The molecule has 4 rings (SSSR count). The van der Waals surface area contributed by atoms with Gasteiger partial charge in [-0.15, -0.1) is 11.3 Å². The quantitative estimate of drug-likeness (QED) is 0.586. The van der Waals surface area contributed by atoms with E-state index in [1.165, 1.54) is 43.2 Å². The third kappa shape index (κ3) is 4.13. The highest BCUT2D eigenvalue weighted by molar-refractivity contribution is 7.07. The Bertz CT molecular complexity index is 978. The summed E-state index contributed by atoms with van der Waals surface area (Å²) >= 11 is 1.63. The largest absolute Gasteiger partial charge is 0.395 e. The van der Waals surface area contributed by atoms with Crippen molar-refractivity contribution in [1.29, 1.82) is 0 Å². The molecule has 0 bridgehead atoms. The van der Waals surface area contributed by atoms with Crippen LogP contribution in [-0.4, -0.2) is 16.3 Å². The third-order valence-electron chi connectivity index (χ3n) is 5.74. The molecular formula is C24H28N2OS. The van der Waals surface area contributed by atoms with Gasteiger partial charge in [-0.2, -0.15) is 0 Å². The topological polar surface area (TPSA) is 37.5 Å². The van der Waals surface area contributed by atoms with Crippen LogP contribution >= 0.6 is 11.3 Å². The van der Waals surface area contributed by atoms with Crippen LogP contribution in [0.15, 0.2) is 58.9 Å². The van der Waals surface area contributed by atoms with E-state index in [9.17, 15) is 5.11 Å². The van der Waals surface area contributed by atoms with Gasteiger partial charge in [0.1, 0.15) is 0 Å². The van der Waals surface area contributed by atoms with Gasteiger partial charge in [-0.25, -0.2) is 4.99 Å². The molecular weight excluding hydrogens is 364 g/mol. The van der Waals surface area contributed by atoms with Gasteiger partial charge < -0.3 is 9.67 Å². The van der Waals surface area contributed by atoms with Crippen LogP contribution in [0.25, 0.3) is 11.3 Å². The lowest BCUT2D eigenvalue weighted by Crippen LogP contribution is -2.18. The Morgan fingerprint density at radius 2 is 1.79 bits per heavy atom. The average molecular weight is 393 g/mol. The Morgan fingerprint density at radius 3 is 2.50 bits per heavy atom. The van der Waals surface area contributed by atoms with E-state index >= 15 is 0 Å². The van der Waals surface area contributed by atoms with Crippen molar-refractivity contribution in [3.8, 4) is 11.3 Å². The van der Waals surface area contributed by atoms with Crippen LogP contribution in [0.3, 0.4) is 0 Å². The minimum atomic E-state index is 0.102. The average Bonchev–Trinajstić information content (AvgIpc) is 3.13. The van der Waals surface area contributed by atoms with Gasteiger partial charge in [0.25, 0.3) is 0 Å². The van der Waals surface area contributed by atoms with Crippen molar-refractivity contribution in [2.75, 3.05) is 6.61 Å². The minimum absolute atomic E-state index is 0.102. The maximum Gasteiger partial charge on any atom is 0.190 e. The fourth-order valence-electron chi connectivity index (χ4n) is 4.12. The van der Waals surface area contributed by atoms with Gasteiger partial charge in [0.2, 0.25) is 0 Å². The summed E-state index contributed by atoms with van der Waals surface area (Å²) in [6, 6.07) is 17.2. The second kappa shape index (κ2) is 8.89. The van der Waals surface area contributed by atoms with E-state index in [0.29, 0.717) is 6.54 Å². The summed E-state index contributed by atoms with van der Waals surface area (Å²) in [6.45, 7) is 2.73. The predicted molar refractivity (Wildman–Crippen MR) is 117 cm³/mol. The van der Waals surface area contributed by atoms with Crippen molar-refractivity contribution < 1.29 is 5.11 Å². The summed E-state index contributed by atoms with van der Waals surface area (Å²) < 4.78 is 2.13. The molecule has 0 spiro atoms. The van der Waals surface area contributed by atoms with Crippen LogP contribution in [0.4, 0.5) is 5.69 Å². The van der Waals surface area contributed by atoms with Gasteiger partial charge in [0, 0.05) is 11.9 Å². The van der Waals surface area contributed by atoms with Crippen LogP contribution in [0, 0.1) is 6.92 Å². The standard InChI is InChI=1S/C24H28N2OS/c1-18-7-5-6-10-22(18)25-24-26(15-16-27)23(17-28-24)21-13-11-20(12-14-21)19-8-3-2-4-9-19/h5-7,10-14,17,19,27H,2-4,8-9,15-16H2,1H3. The molecule has 0 unspecified atom stereocenters. The molecule has 1 aromatic heterocycles. The Balaban J connectivity index is 1.68. The number of thiazole rings is 1. The van der Waals surface area contributed by atoms with E-state index in [-0.39, 0.29) is 6.61 Å². The molecule has 4 heteroatoms. The lowest BCUT2D eigenvalue weighted by atomic mass is 9.84. The van der Waals surface area contributed by atoms with E-state index in [2.05, 4.69) is 47.2 Å². The van der Waals surface area contributed by atoms with Crippen molar-refractivity contribution in [1.82, 2.24) is 4.57 Å². The summed E-state index contributed by atoms with van der Waals surface area (Å²) in [5.74, 6) is 0.724. The third-order valence-corrected chi connectivity index (χ3v) is 6.60. The molecule has 146 valence electrons. The van der Waals surface area contributed by atoms with Gasteiger partial charge in [0.15, 0.2) is 4.80 Å². The summed E-state index contributed by atoms with van der Waals surface area (Å²) in [6.07, 6.45) is 6.75. The first-order chi connectivity index (χ1) is 13.8. The Kier molecular flexibility index (Phi) is 6.08. The van der Waals surface area contributed by atoms with Crippen molar-refractivity contribution in [2.45, 2.75) is 51.5 Å². The van der Waals surface area contributed by atoms with E-state index < -0.39 is 0 Å². The molecule has 3 nitrogen and oxygen atoms in total. The van der Waals surface area contributed by atoms with Crippen molar-refractivity contribution in [2.24, 2.45) is 4.99 Å². The molecule has 2 aromatic carbocycles. The molecule has 1 saturated carbocycles. The fourth-order valence-corrected chi connectivity index (χ4v) is 5.07. The Morgan fingerprint density at radius 1 is 1.04 bits per heavy atom. The maximum absolute atomic E-state index is 9.61. The predicted octanol–water partition coefficient (Wildman–Crippen LogP) is 5.80. The first-order valence-corrected chi connectivity index (χ1v) is 11.1. The zero-order valence-corrected chi connectivity index (χ0v) is 17.3. The highest BCUT2D eigenvalue weighted by Gasteiger charge is 2.16. The SMILES string of the molecule is Cc1ccccc1N=c1scc(-c2ccc(C3CCCCC3)cc2)n1CCO. The molecule has 0 amide bonds. The Hall–Kier alpha value is -2.17. The number of aromatic nitrogens is 1. The van der Waals surface area contributed by atoms with Gasteiger partial charge in [-0.1, -0.05) is 61.7 Å². The molecule has 1 N–H and O–H groups in total. The zero-order valence-electron chi connectivity index (χ0n) is 16.5. The van der Waals surface area contributed by atoms with Crippen molar-refractivity contribution >= 4 is 17.0 Å². The molecule has 1 fully saturated rings. The van der Waals surface area contributed by atoms with E-state index in [1.807, 2.05) is 18.2 Å². The molecule has 0 atom stereocenters. The number of hydrogen-bond donors (Lipinski definition) is 1. The second-order valence-electron chi connectivity index (χ2n) is 7.63. The van der Waals surface area contributed by atoms with E-state index in [4.69, 9.17) is 4.99 Å². The summed E-state index contributed by atoms with van der Waals surface area (Å²) in [5.41, 5.74) is 5.93. The van der Waals surface area contributed by atoms with Gasteiger partial charge >= 0.3 is 0 Å². The van der Waals surface area contributed by atoms with E-state index in [1.54, 1.807) is 11.3 Å². The van der Waals surface area contributed by atoms with Crippen LogP contribution in [0.2, 0.25) is 0 Å². The second-order valence-corrected chi connectivity index (χ2v) is 8.47. The fraction of sp³-hybridized carbons (Fsp3) is 0.375. The van der Waals surface area contributed by atoms with Crippen LogP contribution in [0.5, 0.6) is 0 Å². The molecule has 1 aliphatic rings. The summed E-state index contributed by atoms with van der Waals surface area (Å²) in [4.78, 5) is 5.79. The molecule has 1 heterocycles. The number of para-hydroxylation sites is 1. The molecule has 0 saturated heterocycles. The highest BCUT2D eigenvalue weighted by Crippen LogP contribution is 2.33. The number of benzene rings is 2. The number of hydrogen-bond acceptors (Lipinski definition) is 3. The Labute approximate surface area is 171 Å². The maximum atomic E-state index is 9.61. The molecule has 28 heavy (non-hydrogen) atoms.